The molecule has 0 aromatic heterocycles. The Morgan fingerprint density at radius 3 is 2.83 bits per heavy atom. The van der Waals surface area contributed by atoms with Crippen LogP contribution in [0.15, 0.2) is 37.0 Å². The van der Waals surface area contributed by atoms with E-state index >= 15 is 0 Å². The lowest BCUT2D eigenvalue weighted by atomic mass is 9.80. The maximum absolute atomic E-state index is 11.1. The molecule has 0 aliphatic heterocycles. The minimum atomic E-state index is -0.530. The third-order valence-corrected chi connectivity index (χ3v) is 2.42. The molecule has 0 spiro atoms. The zero-order chi connectivity index (χ0) is 9.03. The number of hydrogen-bond acceptors (Lipinski definition) is 1. The lowest BCUT2D eigenvalue weighted by molar-refractivity contribution is -0.118. The Morgan fingerprint density at radius 2 is 2.42 bits per heavy atom. The van der Waals surface area contributed by atoms with Crippen molar-refractivity contribution in [2.75, 3.05) is 0 Å². The van der Waals surface area contributed by atoms with Crippen molar-refractivity contribution in [3.63, 3.8) is 0 Å². The van der Waals surface area contributed by atoms with E-state index in [1.807, 2.05) is 24.3 Å². The summed E-state index contributed by atoms with van der Waals surface area (Å²) in [5.74, 6) is 0. The molecule has 0 saturated heterocycles. The summed E-state index contributed by atoms with van der Waals surface area (Å²) in [4.78, 5) is 11.1. The van der Waals surface area contributed by atoms with Gasteiger partial charge < -0.3 is 0 Å². The molecular formula is C10H11ClO. The average Bonchev–Trinajstić information content (AvgIpc) is 2.06. The summed E-state index contributed by atoms with van der Waals surface area (Å²) >= 11 is 5.52. The molecule has 1 nitrogen and oxygen atoms in total. The molecule has 0 fully saturated rings. The van der Waals surface area contributed by atoms with E-state index in [-0.39, 0.29) is 5.24 Å². The van der Waals surface area contributed by atoms with Gasteiger partial charge in [-0.25, -0.2) is 0 Å². The topological polar surface area (TPSA) is 17.1 Å². The highest BCUT2D eigenvalue weighted by molar-refractivity contribution is 6.65. The fourth-order valence-corrected chi connectivity index (χ4v) is 1.52. The van der Waals surface area contributed by atoms with Crippen LogP contribution in [0.4, 0.5) is 0 Å². The van der Waals surface area contributed by atoms with E-state index in [0.717, 1.165) is 0 Å². The summed E-state index contributed by atoms with van der Waals surface area (Å²) in [7, 11) is 0. The Labute approximate surface area is 77.4 Å². The van der Waals surface area contributed by atoms with Crippen LogP contribution in [-0.2, 0) is 4.79 Å². The van der Waals surface area contributed by atoms with E-state index in [2.05, 4.69) is 6.58 Å². The van der Waals surface area contributed by atoms with Gasteiger partial charge in [0.15, 0.2) is 0 Å². The summed E-state index contributed by atoms with van der Waals surface area (Å²) in [5, 5.41) is -0.303. The number of halogens is 1. The Balaban J connectivity index is 2.87. The second-order valence-corrected chi connectivity index (χ2v) is 3.26. The SMILES string of the molecule is C=CCC1(C(=O)Cl)C=CC=CC1. The Kier molecular flexibility index (Phi) is 2.88. The molecule has 1 aliphatic rings. The van der Waals surface area contributed by atoms with Gasteiger partial charge in [0.05, 0.1) is 5.41 Å². The van der Waals surface area contributed by atoms with Crippen LogP contribution in [0.1, 0.15) is 12.8 Å². The molecule has 2 heteroatoms. The maximum atomic E-state index is 11.1. The number of carbonyl (C=O) groups is 1. The summed E-state index contributed by atoms with van der Waals surface area (Å²) in [6.45, 7) is 3.61. The minimum absolute atomic E-state index is 0.303. The second kappa shape index (κ2) is 3.72. The van der Waals surface area contributed by atoms with E-state index in [0.29, 0.717) is 12.8 Å². The van der Waals surface area contributed by atoms with Gasteiger partial charge in [-0.15, -0.1) is 6.58 Å². The van der Waals surface area contributed by atoms with Gasteiger partial charge in [0.1, 0.15) is 0 Å². The zero-order valence-corrected chi connectivity index (χ0v) is 7.55. The first-order valence-electron chi connectivity index (χ1n) is 3.86. The lowest BCUT2D eigenvalue weighted by Crippen LogP contribution is -2.25. The van der Waals surface area contributed by atoms with Crippen LogP contribution in [0.25, 0.3) is 0 Å². The quantitative estimate of drug-likeness (QED) is 0.485. The smallest absolute Gasteiger partial charge is 0.232 e. The number of carbonyl (C=O) groups excluding carboxylic acids is 1. The first-order chi connectivity index (χ1) is 5.71. The van der Waals surface area contributed by atoms with Gasteiger partial charge in [-0.2, -0.15) is 0 Å². The van der Waals surface area contributed by atoms with Crippen LogP contribution in [-0.4, -0.2) is 5.24 Å². The first-order valence-corrected chi connectivity index (χ1v) is 4.24. The fraction of sp³-hybridized carbons (Fsp3) is 0.300. The highest BCUT2D eigenvalue weighted by Crippen LogP contribution is 2.34. The molecule has 0 N–H and O–H groups in total. The summed E-state index contributed by atoms with van der Waals surface area (Å²) in [6.07, 6.45) is 10.6. The molecule has 0 heterocycles. The summed E-state index contributed by atoms with van der Waals surface area (Å²) in [5.41, 5.74) is -0.530. The zero-order valence-electron chi connectivity index (χ0n) is 6.79. The van der Waals surface area contributed by atoms with Gasteiger partial charge in [0, 0.05) is 0 Å². The third kappa shape index (κ3) is 1.67. The van der Waals surface area contributed by atoms with Crippen LogP contribution in [0.3, 0.4) is 0 Å². The van der Waals surface area contributed by atoms with Crippen molar-refractivity contribution < 1.29 is 4.79 Å². The van der Waals surface area contributed by atoms with E-state index in [9.17, 15) is 4.79 Å². The molecule has 0 aromatic carbocycles. The monoisotopic (exact) mass is 182 g/mol. The van der Waals surface area contributed by atoms with Gasteiger partial charge in [-0.05, 0) is 24.4 Å². The predicted octanol–water partition coefficient (Wildman–Crippen LogP) is 2.83. The van der Waals surface area contributed by atoms with E-state index < -0.39 is 5.41 Å². The van der Waals surface area contributed by atoms with Crippen molar-refractivity contribution in [3.05, 3.63) is 37.0 Å². The molecule has 12 heavy (non-hydrogen) atoms. The first kappa shape index (κ1) is 9.27. The summed E-state index contributed by atoms with van der Waals surface area (Å²) in [6, 6.07) is 0. The number of allylic oxidation sites excluding steroid dienone is 5. The van der Waals surface area contributed by atoms with E-state index in [1.54, 1.807) is 6.08 Å². The van der Waals surface area contributed by atoms with Crippen molar-refractivity contribution >= 4 is 16.8 Å². The predicted molar refractivity (Wildman–Crippen MR) is 51.0 cm³/mol. The van der Waals surface area contributed by atoms with Crippen molar-refractivity contribution in [1.82, 2.24) is 0 Å². The normalized spacial score (nSPS) is 27.1. The van der Waals surface area contributed by atoms with Gasteiger partial charge in [0.2, 0.25) is 5.24 Å². The molecule has 1 aliphatic carbocycles. The van der Waals surface area contributed by atoms with Gasteiger partial charge >= 0.3 is 0 Å². The van der Waals surface area contributed by atoms with Crippen LogP contribution >= 0.6 is 11.6 Å². The van der Waals surface area contributed by atoms with Gasteiger partial charge in [-0.1, -0.05) is 30.4 Å². The standard InChI is InChI=1S/C10H11ClO/c1-2-6-10(9(11)12)7-4-3-5-8-10/h2-5,7H,1,6,8H2. The molecule has 0 radical (unpaired) electrons. The van der Waals surface area contributed by atoms with Gasteiger partial charge in [-0.3, -0.25) is 4.79 Å². The molecule has 1 atom stereocenters. The molecule has 0 bridgehead atoms. The molecule has 0 amide bonds. The van der Waals surface area contributed by atoms with Crippen LogP contribution in [0, 0.1) is 5.41 Å². The highest BCUT2D eigenvalue weighted by Gasteiger charge is 2.32. The van der Waals surface area contributed by atoms with Gasteiger partial charge in [0.25, 0.3) is 0 Å². The highest BCUT2D eigenvalue weighted by atomic mass is 35.5. The average molecular weight is 183 g/mol. The molecular weight excluding hydrogens is 172 g/mol. The van der Waals surface area contributed by atoms with E-state index in [1.165, 1.54) is 0 Å². The third-order valence-electron chi connectivity index (χ3n) is 2.04. The number of rotatable bonds is 3. The Hall–Kier alpha value is -0.820. The molecule has 1 unspecified atom stereocenters. The number of hydrogen-bond donors (Lipinski definition) is 0. The maximum Gasteiger partial charge on any atom is 0.232 e. The fourth-order valence-electron chi connectivity index (χ4n) is 1.30. The largest absolute Gasteiger partial charge is 0.280 e. The van der Waals surface area contributed by atoms with E-state index in [4.69, 9.17) is 11.6 Å². The van der Waals surface area contributed by atoms with Crippen LogP contribution in [0.2, 0.25) is 0 Å². The molecule has 0 aromatic rings. The molecule has 0 saturated carbocycles. The Morgan fingerprint density at radius 1 is 1.67 bits per heavy atom. The lowest BCUT2D eigenvalue weighted by Gasteiger charge is -2.25. The second-order valence-electron chi connectivity index (χ2n) is 2.91. The Bertz CT molecular complexity index is 249. The van der Waals surface area contributed by atoms with Crippen molar-refractivity contribution in [2.45, 2.75) is 12.8 Å². The molecule has 1 rings (SSSR count). The minimum Gasteiger partial charge on any atom is -0.280 e. The van der Waals surface area contributed by atoms with Crippen molar-refractivity contribution in [3.8, 4) is 0 Å². The van der Waals surface area contributed by atoms with Crippen molar-refractivity contribution in [1.29, 1.82) is 0 Å². The van der Waals surface area contributed by atoms with Crippen molar-refractivity contribution in [2.24, 2.45) is 5.41 Å². The van der Waals surface area contributed by atoms with Crippen LogP contribution in [0.5, 0.6) is 0 Å². The molecule has 64 valence electrons. The van der Waals surface area contributed by atoms with Crippen LogP contribution < -0.4 is 0 Å². The summed E-state index contributed by atoms with van der Waals surface area (Å²) < 4.78 is 0.